The number of nitrogens with one attached hydrogen (secondary N) is 1. The average Bonchev–Trinajstić information content (AvgIpc) is 2.55. The minimum absolute atomic E-state index is 0.00951. The van der Waals surface area contributed by atoms with Crippen molar-refractivity contribution in [1.82, 2.24) is 10.2 Å². The molecule has 1 spiro atoms. The number of nitrogens with zero attached hydrogens (tertiary/aromatic N) is 2. The molecule has 0 saturated carbocycles. The fourth-order valence-electron chi connectivity index (χ4n) is 2.27. The Morgan fingerprint density at radius 2 is 2.31 bits per heavy atom. The summed E-state index contributed by atoms with van der Waals surface area (Å²) < 4.78 is 5.19. The first-order chi connectivity index (χ1) is 7.57. The molecule has 5 nitrogen and oxygen atoms in total. The van der Waals surface area contributed by atoms with Gasteiger partial charge in [-0.05, 0) is 6.42 Å². The zero-order valence-electron chi connectivity index (χ0n) is 9.69. The summed E-state index contributed by atoms with van der Waals surface area (Å²) in [5, 5.41) is 12.0. The molecule has 0 aromatic rings. The van der Waals surface area contributed by atoms with Crippen molar-refractivity contribution in [2.75, 3.05) is 19.8 Å². The molecule has 0 bridgehead atoms. The fraction of sp³-hybridized carbons (Fsp3) is 0.818. The van der Waals surface area contributed by atoms with Crippen LogP contribution in [0.2, 0.25) is 0 Å². The van der Waals surface area contributed by atoms with Crippen molar-refractivity contribution in [2.45, 2.75) is 31.8 Å². The third-order valence-electron chi connectivity index (χ3n) is 3.33. The molecule has 0 aromatic heterocycles. The van der Waals surface area contributed by atoms with Crippen LogP contribution in [-0.2, 0) is 9.53 Å². The van der Waals surface area contributed by atoms with Gasteiger partial charge in [0.25, 0.3) is 0 Å². The van der Waals surface area contributed by atoms with Gasteiger partial charge < -0.3 is 10.1 Å². The molecule has 0 radical (unpaired) electrons. The molecule has 2 fully saturated rings. The van der Waals surface area contributed by atoms with Gasteiger partial charge in [-0.25, -0.2) is 0 Å². The maximum absolute atomic E-state index is 11.6. The van der Waals surface area contributed by atoms with Gasteiger partial charge in [0.1, 0.15) is 0 Å². The molecule has 5 heteroatoms. The van der Waals surface area contributed by atoms with Crippen molar-refractivity contribution in [1.29, 1.82) is 5.26 Å². The van der Waals surface area contributed by atoms with E-state index < -0.39 is 0 Å². The van der Waals surface area contributed by atoms with Crippen LogP contribution in [0, 0.1) is 17.4 Å². The van der Waals surface area contributed by atoms with E-state index in [0.29, 0.717) is 19.8 Å². The van der Waals surface area contributed by atoms with Gasteiger partial charge in [0, 0.05) is 18.5 Å². The Kier molecular flexibility index (Phi) is 2.76. The molecule has 0 aromatic carbocycles. The van der Waals surface area contributed by atoms with Crippen LogP contribution in [0.4, 0.5) is 0 Å². The minimum Gasteiger partial charge on any atom is -0.376 e. The predicted octanol–water partition coefficient (Wildman–Crippen LogP) is 0.0830. The van der Waals surface area contributed by atoms with E-state index in [1.807, 2.05) is 13.8 Å². The van der Waals surface area contributed by atoms with Gasteiger partial charge in [0.05, 0.1) is 18.8 Å². The standard InChI is InChI=1S/C11H17N3O2/c1-8(2)10(15)13-9-3-11(5-16-6-11)14(4-9)7-12/h8-9H,3-6H2,1-2H3,(H,13,15). The van der Waals surface area contributed by atoms with Gasteiger partial charge in [-0.2, -0.15) is 5.26 Å². The number of rotatable bonds is 2. The predicted molar refractivity (Wildman–Crippen MR) is 57.3 cm³/mol. The number of hydrogen-bond acceptors (Lipinski definition) is 4. The SMILES string of the molecule is CC(C)C(=O)NC1CN(C#N)C2(COC2)C1. The normalized spacial score (nSPS) is 26.6. The quantitative estimate of drug-likeness (QED) is 0.673. The van der Waals surface area contributed by atoms with E-state index in [9.17, 15) is 4.79 Å². The minimum atomic E-state index is -0.135. The van der Waals surface area contributed by atoms with Crippen LogP contribution in [0.25, 0.3) is 0 Å². The number of amides is 1. The molecular formula is C11H17N3O2. The van der Waals surface area contributed by atoms with Crippen molar-refractivity contribution in [3.05, 3.63) is 0 Å². The topological polar surface area (TPSA) is 65.4 Å². The highest BCUT2D eigenvalue weighted by molar-refractivity contribution is 5.78. The molecule has 2 aliphatic rings. The lowest BCUT2D eigenvalue weighted by Crippen LogP contribution is -2.57. The van der Waals surface area contributed by atoms with E-state index in [1.54, 1.807) is 4.90 Å². The van der Waals surface area contributed by atoms with E-state index in [4.69, 9.17) is 10.00 Å². The molecule has 1 amide bonds. The fourth-order valence-corrected chi connectivity index (χ4v) is 2.27. The van der Waals surface area contributed by atoms with Crippen LogP contribution in [0.3, 0.4) is 0 Å². The molecule has 0 aliphatic carbocycles. The molecule has 2 rings (SSSR count). The van der Waals surface area contributed by atoms with E-state index >= 15 is 0 Å². The lowest BCUT2D eigenvalue weighted by atomic mass is 9.93. The molecule has 1 atom stereocenters. The lowest BCUT2D eigenvalue weighted by molar-refractivity contribution is -0.124. The first-order valence-corrected chi connectivity index (χ1v) is 5.63. The molecule has 16 heavy (non-hydrogen) atoms. The Morgan fingerprint density at radius 3 is 2.69 bits per heavy atom. The number of likely N-dealkylation sites (tertiary alicyclic amines) is 1. The highest BCUT2D eigenvalue weighted by atomic mass is 16.5. The van der Waals surface area contributed by atoms with E-state index in [1.165, 1.54) is 0 Å². The first kappa shape index (κ1) is 11.2. The molecular weight excluding hydrogens is 206 g/mol. The van der Waals surface area contributed by atoms with Gasteiger partial charge in [0.15, 0.2) is 6.19 Å². The van der Waals surface area contributed by atoms with Crippen LogP contribution in [-0.4, -0.2) is 42.1 Å². The lowest BCUT2D eigenvalue weighted by Gasteiger charge is -2.42. The summed E-state index contributed by atoms with van der Waals surface area (Å²) in [5.74, 6) is 0.0462. The average molecular weight is 223 g/mol. The van der Waals surface area contributed by atoms with Gasteiger partial charge in [0.2, 0.25) is 5.91 Å². The highest BCUT2D eigenvalue weighted by Gasteiger charge is 2.51. The molecule has 88 valence electrons. The summed E-state index contributed by atoms with van der Waals surface area (Å²) in [5.41, 5.74) is -0.135. The monoisotopic (exact) mass is 223 g/mol. The number of ether oxygens (including phenoxy) is 1. The zero-order valence-corrected chi connectivity index (χ0v) is 9.69. The van der Waals surface area contributed by atoms with Crippen molar-refractivity contribution >= 4 is 5.91 Å². The summed E-state index contributed by atoms with van der Waals surface area (Å²) >= 11 is 0. The summed E-state index contributed by atoms with van der Waals surface area (Å²) in [4.78, 5) is 13.3. The molecule has 1 N–H and O–H groups in total. The van der Waals surface area contributed by atoms with Gasteiger partial charge in [-0.15, -0.1) is 0 Å². The summed E-state index contributed by atoms with van der Waals surface area (Å²) in [6.07, 6.45) is 3.01. The molecule has 2 aliphatic heterocycles. The summed E-state index contributed by atoms with van der Waals surface area (Å²) in [7, 11) is 0. The van der Waals surface area contributed by atoms with Crippen molar-refractivity contribution in [2.24, 2.45) is 5.92 Å². The first-order valence-electron chi connectivity index (χ1n) is 5.63. The van der Waals surface area contributed by atoms with Crippen molar-refractivity contribution in [3.63, 3.8) is 0 Å². The Balaban J connectivity index is 1.96. The smallest absolute Gasteiger partial charge is 0.222 e. The summed E-state index contributed by atoms with van der Waals surface area (Å²) in [6.45, 7) is 5.56. The number of nitriles is 1. The van der Waals surface area contributed by atoms with Gasteiger partial charge in [-0.3, -0.25) is 9.69 Å². The molecule has 2 saturated heterocycles. The van der Waals surface area contributed by atoms with Crippen LogP contribution in [0.15, 0.2) is 0 Å². The maximum Gasteiger partial charge on any atom is 0.222 e. The van der Waals surface area contributed by atoms with Gasteiger partial charge >= 0.3 is 0 Å². The second-order valence-electron chi connectivity index (χ2n) is 4.99. The molecule has 1 unspecified atom stereocenters. The second-order valence-corrected chi connectivity index (χ2v) is 4.99. The van der Waals surface area contributed by atoms with Crippen molar-refractivity contribution in [3.8, 4) is 6.19 Å². The Hall–Kier alpha value is -1.28. The second kappa shape index (κ2) is 3.95. The summed E-state index contributed by atoms with van der Waals surface area (Å²) in [6, 6.07) is 0.0819. The van der Waals surface area contributed by atoms with E-state index in [-0.39, 0.29) is 23.4 Å². The number of hydrogen-bond donors (Lipinski definition) is 1. The van der Waals surface area contributed by atoms with Crippen molar-refractivity contribution < 1.29 is 9.53 Å². The van der Waals surface area contributed by atoms with Gasteiger partial charge in [-0.1, -0.05) is 13.8 Å². The largest absolute Gasteiger partial charge is 0.376 e. The maximum atomic E-state index is 11.6. The zero-order chi connectivity index (χ0) is 11.8. The third kappa shape index (κ3) is 1.74. The van der Waals surface area contributed by atoms with Crippen LogP contribution in [0.1, 0.15) is 20.3 Å². The number of carbonyl (C=O) groups excluding carboxylic acids is 1. The molecule has 2 heterocycles. The van der Waals surface area contributed by atoms with Crippen LogP contribution < -0.4 is 5.32 Å². The van der Waals surface area contributed by atoms with E-state index in [2.05, 4.69) is 11.5 Å². The Bertz CT molecular complexity index is 331. The Labute approximate surface area is 95.4 Å². The van der Waals surface area contributed by atoms with Crippen LogP contribution >= 0.6 is 0 Å². The Morgan fingerprint density at radius 1 is 1.62 bits per heavy atom. The highest BCUT2D eigenvalue weighted by Crippen LogP contribution is 2.35. The van der Waals surface area contributed by atoms with Crippen LogP contribution in [0.5, 0.6) is 0 Å². The number of carbonyl (C=O) groups is 1. The van der Waals surface area contributed by atoms with E-state index in [0.717, 1.165) is 6.42 Å². The third-order valence-corrected chi connectivity index (χ3v) is 3.33.